The van der Waals surface area contributed by atoms with Gasteiger partial charge in [-0.3, -0.25) is 4.90 Å². The fourth-order valence-corrected chi connectivity index (χ4v) is 3.64. The summed E-state index contributed by atoms with van der Waals surface area (Å²) in [7, 11) is 1.05. The van der Waals surface area contributed by atoms with Gasteiger partial charge in [0, 0.05) is 31.1 Å². The minimum absolute atomic E-state index is 0.00524. The van der Waals surface area contributed by atoms with Gasteiger partial charge in [0.05, 0.1) is 11.3 Å². The number of aromatic nitrogens is 1. The van der Waals surface area contributed by atoms with E-state index in [1.807, 2.05) is 0 Å². The van der Waals surface area contributed by atoms with Crippen LogP contribution in [-0.2, 0) is 4.74 Å². The van der Waals surface area contributed by atoms with Crippen LogP contribution >= 0.6 is 11.5 Å². The fraction of sp³-hybridized carbons (Fsp3) is 0.412. The highest BCUT2D eigenvalue weighted by Crippen LogP contribution is 2.36. The number of hydrogen-bond acceptors (Lipinski definition) is 9. The molecular formula is C17H18F3N3O5S. The number of benzene rings is 1. The number of aliphatic hydroxyl groups excluding tert-OH is 3. The maximum atomic E-state index is 13.1. The number of aliphatic hydroxyl groups is 3. The van der Waals surface area contributed by atoms with E-state index in [1.165, 1.54) is 12.1 Å². The zero-order valence-electron chi connectivity index (χ0n) is 15.1. The monoisotopic (exact) mass is 433 g/mol. The van der Waals surface area contributed by atoms with Gasteiger partial charge in [-0.25, -0.2) is 4.79 Å². The zero-order valence-corrected chi connectivity index (χ0v) is 15.9. The molecule has 0 spiro atoms. The summed E-state index contributed by atoms with van der Waals surface area (Å²) in [6.45, 7) is -0.131. The van der Waals surface area contributed by atoms with E-state index >= 15 is 0 Å². The summed E-state index contributed by atoms with van der Waals surface area (Å²) in [6, 6.07) is 4.51. The van der Waals surface area contributed by atoms with Crippen LogP contribution in [0, 0.1) is 0 Å². The Balaban J connectivity index is 1.95. The third kappa shape index (κ3) is 4.15. The van der Waals surface area contributed by atoms with E-state index in [4.69, 9.17) is 9.84 Å². The predicted molar refractivity (Wildman–Crippen MR) is 98.0 cm³/mol. The van der Waals surface area contributed by atoms with E-state index in [0.29, 0.717) is 21.1 Å². The van der Waals surface area contributed by atoms with Crippen molar-refractivity contribution in [2.45, 2.75) is 25.2 Å². The summed E-state index contributed by atoms with van der Waals surface area (Å²) >= 11 is 1.03. The number of carbonyl (C=O) groups is 1. The zero-order chi connectivity index (χ0) is 21.3. The van der Waals surface area contributed by atoms with Crippen LogP contribution in [0.15, 0.2) is 30.0 Å². The molecule has 1 aromatic carbocycles. The molecule has 3 N–H and O–H groups in total. The van der Waals surface area contributed by atoms with Gasteiger partial charge in [-0.15, -0.1) is 0 Å². The maximum Gasteiger partial charge on any atom is 0.431 e. The minimum atomic E-state index is -4.74. The largest absolute Gasteiger partial charge is 0.461 e. The number of alkyl halides is 3. The number of carbonyl (C=O) groups excluding carboxylic acids is 1. The maximum absolute atomic E-state index is 13.1. The molecule has 1 aliphatic heterocycles. The van der Waals surface area contributed by atoms with Gasteiger partial charge in [-0.1, -0.05) is 0 Å². The molecule has 2 heterocycles. The van der Waals surface area contributed by atoms with Crippen molar-refractivity contribution in [1.82, 2.24) is 9.27 Å². The van der Waals surface area contributed by atoms with E-state index in [-0.39, 0.29) is 31.0 Å². The standard InChI is InChI=1S/C17H18F3N3O5S/c1-22-12(17(18,19)20)8-13(25)23(16(22)27)9-3-4-11-10(7-9)14(21-29-11)15(26)28-6-2-5-24/h3-4,7-8,13,16,24-25,27H,2,5-6H2,1H3. The number of ether oxygens (including phenoxy) is 1. The molecule has 0 saturated heterocycles. The Morgan fingerprint density at radius 3 is 2.72 bits per heavy atom. The molecule has 1 aliphatic rings. The lowest BCUT2D eigenvalue weighted by Crippen LogP contribution is -2.56. The van der Waals surface area contributed by atoms with Crippen LogP contribution in [0.2, 0.25) is 0 Å². The van der Waals surface area contributed by atoms with Gasteiger partial charge in [-0.05, 0) is 35.8 Å². The van der Waals surface area contributed by atoms with E-state index < -0.39 is 30.4 Å². The second-order valence-electron chi connectivity index (χ2n) is 6.25. The molecule has 0 aliphatic carbocycles. The average molecular weight is 433 g/mol. The Labute approximate surface area is 167 Å². The first-order valence-electron chi connectivity index (χ1n) is 8.49. The molecule has 0 saturated carbocycles. The number of halogens is 3. The first-order valence-corrected chi connectivity index (χ1v) is 9.26. The topological polar surface area (TPSA) is 106 Å². The molecule has 2 unspecified atom stereocenters. The van der Waals surface area contributed by atoms with Crippen molar-refractivity contribution in [3.8, 4) is 0 Å². The fourth-order valence-electron chi connectivity index (χ4n) is 2.90. The molecule has 3 rings (SSSR count). The Bertz CT molecular complexity index is 933. The first-order chi connectivity index (χ1) is 13.6. The van der Waals surface area contributed by atoms with E-state index in [1.54, 1.807) is 6.07 Å². The van der Waals surface area contributed by atoms with Crippen LogP contribution in [-0.4, -0.2) is 69.6 Å². The number of nitrogens with zero attached hydrogens (tertiary/aromatic N) is 3. The molecule has 0 radical (unpaired) electrons. The number of rotatable bonds is 5. The highest BCUT2D eigenvalue weighted by Gasteiger charge is 2.44. The van der Waals surface area contributed by atoms with E-state index in [2.05, 4.69) is 4.37 Å². The Kier molecular flexibility index (Phi) is 5.98. The van der Waals surface area contributed by atoms with Crippen molar-refractivity contribution in [2.75, 3.05) is 25.2 Å². The van der Waals surface area contributed by atoms with E-state index in [9.17, 15) is 28.2 Å². The molecule has 8 nitrogen and oxygen atoms in total. The minimum Gasteiger partial charge on any atom is -0.461 e. The number of allylic oxidation sites excluding steroid dienone is 1. The van der Waals surface area contributed by atoms with Crippen molar-refractivity contribution in [3.05, 3.63) is 35.7 Å². The van der Waals surface area contributed by atoms with Crippen molar-refractivity contribution >= 4 is 33.3 Å². The molecule has 0 bridgehead atoms. The summed E-state index contributed by atoms with van der Waals surface area (Å²) in [4.78, 5) is 13.8. The molecule has 2 aromatic rings. The predicted octanol–water partition coefficient (Wildman–Crippen LogP) is 1.63. The summed E-state index contributed by atoms with van der Waals surface area (Å²) in [5.41, 5.74) is -0.975. The summed E-state index contributed by atoms with van der Waals surface area (Å²) in [5, 5.41) is 29.7. The van der Waals surface area contributed by atoms with Crippen LogP contribution in [0.4, 0.5) is 18.9 Å². The van der Waals surface area contributed by atoms with Gasteiger partial charge in [0.2, 0.25) is 6.35 Å². The molecule has 0 amide bonds. The lowest BCUT2D eigenvalue weighted by atomic mass is 10.1. The molecule has 2 atom stereocenters. The van der Waals surface area contributed by atoms with Crippen molar-refractivity contribution in [3.63, 3.8) is 0 Å². The van der Waals surface area contributed by atoms with Crippen molar-refractivity contribution < 1.29 is 38.0 Å². The molecule has 158 valence electrons. The number of hydrogen-bond donors (Lipinski definition) is 3. The normalized spacial score (nSPS) is 20.2. The summed E-state index contributed by atoms with van der Waals surface area (Å²) in [6.07, 6.45) is -7.43. The Morgan fingerprint density at radius 2 is 2.07 bits per heavy atom. The Hall–Kier alpha value is -2.41. The summed E-state index contributed by atoms with van der Waals surface area (Å²) in [5.74, 6) is -0.710. The lowest BCUT2D eigenvalue weighted by Gasteiger charge is -2.43. The van der Waals surface area contributed by atoms with Gasteiger partial charge in [0.25, 0.3) is 0 Å². The SMILES string of the molecule is CN1C(C(F)(F)F)=CC(O)N(c2ccc3snc(C(=O)OCCCO)c3c2)C1O. The van der Waals surface area contributed by atoms with Gasteiger partial charge < -0.3 is 25.0 Å². The van der Waals surface area contributed by atoms with Gasteiger partial charge in [0.15, 0.2) is 11.9 Å². The van der Waals surface area contributed by atoms with Crippen LogP contribution in [0.3, 0.4) is 0 Å². The molecular weight excluding hydrogens is 415 g/mol. The van der Waals surface area contributed by atoms with Gasteiger partial charge in [-0.2, -0.15) is 17.5 Å². The quantitative estimate of drug-likeness (QED) is 0.483. The average Bonchev–Trinajstić information content (AvgIpc) is 3.07. The first kappa shape index (κ1) is 21.3. The third-order valence-corrected chi connectivity index (χ3v) is 5.16. The van der Waals surface area contributed by atoms with Crippen molar-refractivity contribution in [1.29, 1.82) is 0 Å². The highest BCUT2D eigenvalue weighted by molar-refractivity contribution is 7.13. The van der Waals surface area contributed by atoms with Crippen LogP contribution < -0.4 is 4.90 Å². The van der Waals surface area contributed by atoms with Crippen LogP contribution in [0.25, 0.3) is 10.1 Å². The molecule has 1 aromatic heterocycles. The lowest BCUT2D eigenvalue weighted by molar-refractivity contribution is -0.133. The number of esters is 1. The van der Waals surface area contributed by atoms with Crippen LogP contribution in [0.1, 0.15) is 16.9 Å². The van der Waals surface area contributed by atoms with Gasteiger partial charge >= 0.3 is 12.1 Å². The molecule has 12 heteroatoms. The second kappa shape index (κ2) is 8.14. The van der Waals surface area contributed by atoms with Gasteiger partial charge in [0.1, 0.15) is 5.70 Å². The van der Waals surface area contributed by atoms with Crippen molar-refractivity contribution in [2.24, 2.45) is 0 Å². The summed E-state index contributed by atoms with van der Waals surface area (Å²) < 4.78 is 48.9. The Morgan fingerprint density at radius 1 is 1.34 bits per heavy atom. The third-order valence-electron chi connectivity index (χ3n) is 4.34. The molecule has 29 heavy (non-hydrogen) atoms. The van der Waals surface area contributed by atoms with Crippen LogP contribution in [0.5, 0.6) is 0 Å². The second-order valence-corrected chi connectivity index (χ2v) is 7.06. The number of fused-ring (bicyclic) bond motifs is 1. The molecule has 0 fully saturated rings. The van der Waals surface area contributed by atoms with E-state index in [0.717, 1.165) is 23.5 Å². The smallest absolute Gasteiger partial charge is 0.431 e. The number of anilines is 1. The highest BCUT2D eigenvalue weighted by atomic mass is 32.1.